The number of allylic oxidation sites excluding steroid dienone is 1. The van der Waals surface area contributed by atoms with Gasteiger partial charge >= 0.3 is 0 Å². The van der Waals surface area contributed by atoms with E-state index < -0.39 is 8.07 Å². The van der Waals surface area contributed by atoms with Crippen LogP contribution in [0.1, 0.15) is 27.8 Å². The monoisotopic (exact) mass is 426 g/mol. The molecule has 0 aliphatic carbocycles. The largest absolute Gasteiger partial charge is 0.354 e. The van der Waals surface area contributed by atoms with Gasteiger partial charge in [0.1, 0.15) is 8.07 Å². The number of aryl methyl sites for hydroxylation is 4. The van der Waals surface area contributed by atoms with Gasteiger partial charge in [0.05, 0.1) is 11.4 Å². The normalized spacial score (nSPS) is 12.7. The van der Waals surface area contributed by atoms with Crippen molar-refractivity contribution in [2.45, 2.75) is 47.3 Å². The lowest BCUT2D eigenvalue weighted by Gasteiger charge is -2.25. The molecule has 0 bridgehead atoms. The molecule has 2 nitrogen and oxygen atoms in total. The van der Waals surface area contributed by atoms with Crippen molar-refractivity contribution >= 4 is 30.9 Å². The Balaban J connectivity index is 2.24. The van der Waals surface area contributed by atoms with Crippen LogP contribution in [-0.4, -0.2) is 13.4 Å². The smallest absolute Gasteiger partial charge is 0.104 e. The summed E-state index contributed by atoms with van der Waals surface area (Å²) in [4.78, 5) is 5.33. The van der Waals surface area contributed by atoms with E-state index in [0.717, 1.165) is 17.1 Å². The molecule has 160 valence electrons. The van der Waals surface area contributed by atoms with Crippen LogP contribution in [0.2, 0.25) is 19.6 Å². The molecule has 3 aromatic carbocycles. The molecule has 0 amide bonds. The van der Waals surface area contributed by atoms with E-state index in [4.69, 9.17) is 4.99 Å². The van der Waals surface area contributed by atoms with Gasteiger partial charge < -0.3 is 5.32 Å². The van der Waals surface area contributed by atoms with Gasteiger partial charge in [-0.25, -0.2) is 0 Å². The molecule has 0 saturated heterocycles. The van der Waals surface area contributed by atoms with E-state index in [9.17, 15) is 0 Å². The zero-order chi connectivity index (χ0) is 22.6. The van der Waals surface area contributed by atoms with Crippen LogP contribution in [-0.2, 0) is 0 Å². The highest BCUT2D eigenvalue weighted by Gasteiger charge is 2.26. The fraction of sp³-hybridized carbons (Fsp3) is 0.250. The summed E-state index contributed by atoms with van der Waals surface area (Å²) in [6.45, 7) is 15.7. The highest BCUT2D eigenvalue weighted by atomic mass is 28.3. The molecule has 0 fully saturated rings. The Bertz CT molecular complexity index is 1080. The molecule has 0 unspecified atom stereocenters. The van der Waals surface area contributed by atoms with Crippen molar-refractivity contribution in [1.29, 1.82) is 0 Å². The molecule has 0 heterocycles. The predicted molar refractivity (Wildman–Crippen MR) is 140 cm³/mol. The van der Waals surface area contributed by atoms with E-state index in [2.05, 4.69) is 125 Å². The molecule has 0 aliphatic rings. The van der Waals surface area contributed by atoms with E-state index in [0.29, 0.717) is 0 Å². The molecule has 31 heavy (non-hydrogen) atoms. The highest BCUT2D eigenvalue weighted by Crippen LogP contribution is 2.29. The minimum absolute atomic E-state index is 1.09. The van der Waals surface area contributed by atoms with E-state index in [-0.39, 0.29) is 0 Å². The quantitative estimate of drug-likeness (QED) is 0.313. The zero-order valence-electron chi connectivity index (χ0n) is 19.9. The number of nitrogens with zero attached hydrogens (tertiary/aromatic N) is 1. The van der Waals surface area contributed by atoms with Crippen molar-refractivity contribution in [3.63, 3.8) is 0 Å². The number of hydrogen-bond donors (Lipinski definition) is 1. The van der Waals surface area contributed by atoms with Crippen molar-refractivity contribution in [2.75, 3.05) is 5.32 Å². The van der Waals surface area contributed by atoms with Crippen molar-refractivity contribution < 1.29 is 0 Å². The maximum atomic E-state index is 5.33. The summed E-state index contributed by atoms with van der Waals surface area (Å²) in [5.41, 5.74) is 9.40. The molecule has 0 atom stereocenters. The third-order valence-corrected chi connectivity index (χ3v) is 7.28. The van der Waals surface area contributed by atoms with E-state index in [1.165, 1.54) is 33.2 Å². The van der Waals surface area contributed by atoms with Gasteiger partial charge in [-0.2, -0.15) is 0 Å². The van der Waals surface area contributed by atoms with Gasteiger partial charge in [-0.15, -0.1) is 0 Å². The molecule has 0 saturated carbocycles. The maximum absolute atomic E-state index is 5.33. The standard InChI is InChI=1S/C28H34N2Si/c1-20-13-11-14-21(2)26(20)29-25(19-24-17-9-8-10-18-24)28(31(5,6)7)30-27-22(3)15-12-16-23(27)4/h8-19,29H,1-7H3/b25-19-,30-28?. The topological polar surface area (TPSA) is 24.4 Å². The van der Waals surface area contributed by atoms with Gasteiger partial charge in [0.2, 0.25) is 0 Å². The lowest BCUT2D eigenvalue weighted by atomic mass is 10.1. The van der Waals surface area contributed by atoms with Crippen LogP contribution < -0.4 is 5.32 Å². The molecule has 0 aromatic heterocycles. The van der Waals surface area contributed by atoms with Crippen molar-refractivity contribution in [3.05, 3.63) is 100 Å². The number of rotatable bonds is 6. The van der Waals surface area contributed by atoms with Gasteiger partial charge in [-0.05, 0) is 61.6 Å². The SMILES string of the molecule is Cc1cccc(C)c1N=C(/C(=C/c1ccccc1)Nc1c(C)cccc1C)[Si](C)(C)C. The minimum atomic E-state index is -1.80. The molecule has 0 spiro atoms. The number of benzene rings is 3. The number of nitrogens with one attached hydrogen (secondary N) is 1. The van der Waals surface area contributed by atoms with Crippen LogP contribution in [0.4, 0.5) is 11.4 Å². The fourth-order valence-electron chi connectivity index (χ4n) is 3.75. The van der Waals surface area contributed by atoms with E-state index in [1.54, 1.807) is 0 Å². The first-order chi connectivity index (χ1) is 14.7. The Morgan fingerprint density at radius 1 is 0.710 bits per heavy atom. The summed E-state index contributed by atoms with van der Waals surface area (Å²) >= 11 is 0. The summed E-state index contributed by atoms with van der Waals surface area (Å²) in [6.07, 6.45) is 2.25. The summed E-state index contributed by atoms with van der Waals surface area (Å²) in [5, 5.41) is 4.97. The Hall–Kier alpha value is -2.91. The van der Waals surface area contributed by atoms with Crippen molar-refractivity contribution in [2.24, 2.45) is 4.99 Å². The first kappa shape index (κ1) is 22.8. The molecular formula is C28H34N2Si. The second kappa shape index (κ2) is 9.48. The van der Waals surface area contributed by atoms with Gasteiger partial charge in [0.15, 0.2) is 0 Å². The van der Waals surface area contributed by atoms with Gasteiger partial charge in [-0.3, -0.25) is 4.99 Å². The maximum Gasteiger partial charge on any atom is 0.104 e. The van der Waals surface area contributed by atoms with Crippen LogP contribution >= 0.6 is 0 Å². The summed E-state index contributed by atoms with van der Waals surface area (Å²) < 4.78 is 0. The third kappa shape index (κ3) is 5.62. The molecule has 1 N–H and O–H groups in total. The minimum Gasteiger partial charge on any atom is -0.354 e. The van der Waals surface area contributed by atoms with Gasteiger partial charge in [0, 0.05) is 11.0 Å². The van der Waals surface area contributed by atoms with Gasteiger partial charge in [-0.1, -0.05) is 86.4 Å². The van der Waals surface area contributed by atoms with Gasteiger partial charge in [0.25, 0.3) is 0 Å². The van der Waals surface area contributed by atoms with E-state index >= 15 is 0 Å². The Kier molecular flexibility index (Phi) is 6.96. The average Bonchev–Trinajstić information content (AvgIpc) is 2.70. The lowest BCUT2D eigenvalue weighted by molar-refractivity contribution is 1.32. The van der Waals surface area contributed by atoms with Crippen LogP contribution in [0.25, 0.3) is 6.08 Å². The average molecular weight is 427 g/mol. The number of hydrogen-bond acceptors (Lipinski definition) is 2. The van der Waals surface area contributed by atoms with Crippen molar-refractivity contribution in [3.8, 4) is 0 Å². The Morgan fingerprint density at radius 3 is 1.74 bits per heavy atom. The lowest BCUT2D eigenvalue weighted by Crippen LogP contribution is -2.37. The first-order valence-electron chi connectivity index (χ1n) is 10.9. The van der Waals surface area contributed by atoms with Crippen LogP contribution in [0, 0.1) is 27.7 Å². The molecule has 0 aliphatic heterocycles. The number of anilines is 1. The molecule has 3 aromatic rings. The zero-order valence-corrected chi connectivity index (χ0v) is 20.9. The number of aliphatic imine (C=N–C) groups is 1. The second-order valence-electron chi connectivity index (χ2n) is 9.31. The summed E-state index contributed by atoms with van der Waals surface area (Å²) in [6, 6.07) is 23.3. The molecule has 3 heteroatoms. The predicted octanol–water partition coefficient (Wildman–Crippen LogP) is 8.02. The van der Waals surface area contributed by atoms with E-state index in [1.807, 2.05) is 0 Å². The number of para-hydroxylation sites is 2. The summed E-state index contributed by atoms with van der Waals surface area (Å²) in [5.74, 6) is 0. The summed E-state index contributed by atoms with van der Waals surface area (Å²) in [7, 11) is -1.80. The Labute approximate surface area is 188 Å². The van der Waals surface area contributed by atoms with Crippen LogP contribution in [0.15, 0.2) is 77.4 Å². The van der Waals surface area contributed by atoms with Crippen LogP contribution in [0.3, 0.4) is 0 Å². The fourth-order valence-corrected chi connectivity index (χ4v) is 5.14. The first-order valence-corrected chi connectivity index (χ1v) is 14.4. The second-order valence-corrected chi connectivity index (χ2v) is 14.3. The third-order valence-electron chi connectivity index (χ3n) is 5.48. The molecule has 0 radical (unpaired) electrons. The van der Waals surface area contributed by atoms with Crippen LogP contribution in [0.5, 0.6) is 0 Å². The molecular weight excluding hydrogens is 392 g/mol. The highest BCUT2D eigenvalue weighted by molar-refractivity contribution is 7.06. The van der Waals surface area contributed by atoms with Crippen molar-refractivity contribution in [1.82, 2.24) is 0 Å². The Morgan fingerprint density at radius 2 is 1.23 bits per heavy atom. The molecule has 3 rings (SSSR count).